The molecular formula is C18H28N4O. The van der Waals surface area contributed by atoms with Crippen molar-refractivity contribution >= 4 is 5.91 Å². The van der Waals surface area contributed by atoms with Gasteiger partial charge < -0.3 is 4.90 Å². The second kappa shape index (κ2) is 5.93. The number of hydrogen-bond acceptors (Lipinski definition) is 3. The average molecular weight is 316 g/mol. The summed E-state index contributed by atoms with van der Waals surface area (Å²) < 4.78 is 2.16. The third-order valence-corrected chi connectivity index (χ3v) is 5.44. The Labute approximate surface area is 138 Å². The number of rotatable bonds is 4. The number of carbonyl (C=O) groups is 1. The molecule has 2 fully saturated rings. The predicted molar refractivity (Wildman–Crippen MR) is 88.7 cm³/mol. The first-order chi connectivity index (χ1) is 11.1. The van der Waals surface area contributed by atoms with Gasteiger partial charge in [0.2, 0.25) is 5.91 Å². The van der Waals surface area contributed by atoms with Crippen molar-refractivity contribution < 1.29 is 4.79 Å². The first kappa shape index (κ1) is 15.2. The van der Waals surface area contributed by atoms with Crippen molar-refractivity contribution in [1.29, 1.82) is 0 Å². The van der Waals surface area contributed by atoms with Gasteiger partial charge in [0.25, 0.3) is 0 Å². The Hall–Kier alpha value is -1.36. The van der Waals surface area contributed by atoms with Gasteiger partial charge in [-0.15, -0.1) is 0 Å². The topological polar surface area (TPSA) is 41.4 Å². The molecule has 0 atom stereocenters. The molecule has 1 saturated heterocycles. The van der Waals surface area contributed by atoms with Crippen molar-refractivity contribution in [1.82, 2.24) is 19.6 Å². The summed E-state index contributed by atoms with van der Waals surface area (Å²) in [5.74, 6) is 0.672. The fourth-order valence-electron chi connectivity index (χ4n) is 3.96. The molecule has 3 aliphatic rings. The summed E-state index contributed by atoms with van der Waals surface area (Å²) in [5.41, 5.74) is 3.82. The number of carbonyl (C=O) groups excluding carboxylic acids is 1. The molecule has 5 nitrogen and oxygen atoms in total. The molecule has 1 aromatic heterocycles. The molecule has 0 bridgehead atoms. The second-order valence-corrected chi connectivity index (χ2v) is 7.72. The molecule has 1 saturated carbocycles. The fraction of sp³-hybridized carbons (Fsp3) is 0.778. The number of amides is 1. The number of nitrogens with zero attached hydrogens (tertiary/aromatic N) is 4. The molecular weight excluding hydrogens is 288 g/mol. The van der Waals surface area contributed by atoms with E-state index in [-0.39, 0.29) is 0 Å². The van der Waals surface area contributed by atoms with Gasteiger partial charge in [-0.05, 0) is 52.6 Å². The average Bonchev–Trinajstić information content (AvgIpc) is 3.21. The van der Waals surface area contributed by atoms with E-state index in [0.717, 1.165) is 32.5 Å². The standard InChI is InChI=1S/C18H28N4O/c1-13(2)22-17-12-21(18(23)14-6-7-14)10-15(17)16(19-22)11-20-8-4-3-5-9-20/h13-14H,3-12H2,1-2H3. The van der Waals surface area contributed by atoms with Crippen LogP contribution in [0.25, 0.3) is 0 Å². The predicted octanol–water partition coefficient (Wildman–Crippen LogP) is 2.70. The minimum Gasteiger partial charge on any atom is -0.332 e. The van der Waals surface area contributed by atoms with E-state index in [2.05, 4.69) is 28.3 Å². The van der Waals surface area contributed by atoms with Crippen LogP contribution in [0.1, 0.15) is 68.9 Å². The Kier molecular flexibility index (Phi) is 3.92. The van der Waals surface area contributed by atoms with Crippen molar-refractivity contribution in [3.05, 3.63) is 17.0 Å². The molecule has 23 heavy (non-hydrogen) atoms. The highest BCUT2D eigenvalue weighted by Gasteiger charge is 2.38. The highest BCUT2D eigenvalue weighted by atomic mass is 16.2. The first-order valence-electron chi connectivity index (χ1n) is 9.23. The second-order valence-electron chi connectivity index (χ2n) is 7.72. The molecule has 5 heteroatoms. The third kappa shape index (κ3) is 2.91. The molecule has 0 N–H and O–H groups in total. The van der Waals surface area contributed by atoms with Crippen LogP contribution >= 0.6 is 0 Å². The normalized spacial score (nSPS) is 22.0. The van der Waals surface area contributed by atoms with Crippen molar-refractivity contribution in [2.45, 2.75) is 71.6 Å². The van der Waals surface area contributed by atoms with Crippen LogP contribution in [0.5, 0.6) is 0 Å². The van der Waals surface area contributed by atoms with Crippen LogP contribution in [0.4, 0.5) is 0 Å². The van der Waals surface area contributed by atoms with Gasteiger partial charge in [0, 0.05) is 30.6 Å². The highest BCUT2D eigenvalue weighted by molar-refractivity contribution is 5.81. The molecule has 0 aromatic carbocycles. The SMILES string of the molecule is CC(C)n1nc(CN2CCCCC2)c2c1CN(C(=O)C1CC1)C2. The molecule has 0 radical (unpaired) electrons. The Morgan fingerprint density at radius 3 is 2.57 bits per heavy atom. The van der Waals surface area contributed by atoms with Crippen LogP contribution < -0.4 is 0 Å². The van der Waals surface area contributed by atoms with Crippen LogP contribution in [0.2, 0.25) is 0 Å². The van der Waals surface area contributed by atoms with E-state index < -0.39 is 0 Å². The maximum atomic E-state index is 12.4. The zero-order valence-electron chi connectivity index (χ0n) is 14.4. The smallest absolute Gasteiger partial charge is 0.226 e. The molecule has 2 aliphatic heterocycles. The van der Waals surface area contributed by atoms with Gasteiger partial charge in [-0.1, -0.05) is 6.42 Å². The number of hydrogen-bond donors (Lipinski definition) is 0. The lowest BCUT2D eigenvalue weighted by atomic mass is 10.1. The van der Waals surface area contributed by atoms with Gasteiger partial charge in [0.05, 0.1) is 17.9 Å². The zero-order chi connectivity index (χ0) is 16.0. The van der Waals surface area contributed by atoms with Crippen LogP contribution in [-0.4, -0.2) is 38.6 Å². The van der Waals surface area contributed by atoms with Crippen LogP contribution in [0.3, 0.4) is 0 Å². The van der Waals surface area contributed by atoms with Gasteiger partial charge in [0.15, 0.2) is 0 Å². The van der Waals surface area contributed by atoms with Crippen molar-refractivity contribution in [2.75, 3.05) is 13.1 Å². The van der Waals surface area contributed by atoms with E-state index in [1.54, 1.807) is 0 Å². The van der Waals surface area contributed by atoms with Gasteiger partial charge in [-0.25, -0.2) is 0 Å². The Morgan fingerprint density at radius 1 is 1.17 bits per heavy atom. The van der Waals surface area contributed by atoms with E-state index in [1.807, 2.05) is 0 Å². The number of likely N-dealkylation sites (tertiary alicyclic amines) is 1. The van der Waals surface area contributed by atoms with E-state index in [4.69, 9.17) is 5.10 Å². The largest absolute Gasteiger partial charge is 0.332 e. The summed E-state index contributed by atoms with van der Waals surface area (Å²) in [7, 11) is 0. The molecule has 1 aliphatic carbocycles. The van der Waals surface area contributed by atoms with Gasteiger partial charge >= 0.3 is 0 Å². The van der Waals surface area contributed by atoms with Gasteiger partial charge in [-0.2, -0.15) is 5.10 Å². The lowest BCUT2D eigenvalue weighted by molar-refractivity contribution is -0.133. The number of fused-ring (bicyclic) bond motifs is 1. The van der Waals surface area contributed by atoms with Crippen molar-refractivity contribution in [3.63, 3.8) is 0 Å². The van der Waals surface area contributed by atoms with Crippen LogP contribution in [0, 0.1) is 5.92 Å². The third-order valence-electron chi connectivity index (χ3n) is 5.44. The maximum Gasteiger partial charge on any atom is 0.226 e. The molecule has 4 rings (SSSR count). The van der Waals surface area contributed by atoms with E-state index in [1.165, 1.54) is 49.3 Å². The summed E-state index contributed by atoms with van der Waals surface area (Å²) in [6.45, 7) is 9.23. The highest BCUT2D eigenvalue weighted by Crippen LogP contribution is 2.36. The fourth-order valence-corrected chi connectivity index (χ4v) is 3.96. The summed E-state index contributed by atoms with van der Waals surface area (Å²) in [6, 6.07) is 0.356. The molecule has 0 spiro atoms. The first-order valence-corrected chi connectivity index (χ1v) is 9.23. The number of piperidine rings is 1. The lowest BCUT2D eigenvalue weighted by Gasteiger charge is -2.26. The summed E-state index contributed by atoms with van der Waals surface area (Å²) in [4.78, 5) is 17.0. The van der Waals surface area contributed by atoms with Gasteiger partial charge in [0.1, 0.15) is 0 Å². The van der Waals surface area contributed by atoms with Crippen molar-refractivity contribution in [3.8, 4) is 0 Å². The van der Waals surface area contributed by atoms with E-state index in [0.29, 0.717) is 17.9 Å². The Balaban J connectivity index is 1.56. The van der Waals surface area contributed by atoms with Gasteiger partial charge in [-0.3, -0.25) is 14.4 Å². The summed E-state index contributed by atoms with van der Waals surface area (Å²) in [5, 5.41) is 4.92. The monoisotopic (exact) mass is 316 g/mol. The minimum atomic E-state index is 0.310. The van der Waals surface area contributed by atoms with E-state index in [9.17, 15) is 4.79 Å². The minimum absolute atomic E-state index is 0.310. The Morgan fingerprint density at radius 2 is 1.91 bits per heavy atom. The maximum absolute atomic E-state index is 12.4. The Bertz CT molecular complexity index is 596. The summed E-state index contributed by atoms with van der Waals surface area (Å²) in [6.07, 6.45) is 6.14. The zero-order valence-corrected chi connectivity index (χ0v) is 14.4. The van der Waals surface area contributed by atoms with Crippen LogP contribution in [-0.2, 0) is 24.4 Å². The molecule has 126 valence electrons. The summed E-state index contributed by atoms with van der Waals surface area (Å²) >= 11 is 0. The molecule has 1 amide bonds. The molecule has 3 heterocycles. The quantitative estimate of drug-likeness (QED) is 0.857. The lowest BCUT2D eigenvalue weighted by Crippen LogP contribution is -2.30. The van der Waals surface area contributed by atoms with Crippen molar-refractivity contribution in [2.24, 2.45) is 5.92 Å². The molecule has 1 aromatic rings. The number of aromatic nitrogens is 2. The molecule has 0 unspecified atom stereocenters. The van der Waals surface area contributed by atoms with E-state index >= 15 is 0 Å². The van der Waals surface area contributed by atoms with Crippen LogP contribution in [0.15, 0.2) is 0 Å².